The first-order valence-electron chi connectivity index (χ1n) is 7.80. The Morgan fingerprint density at radius 2 is 2.29 bits per heavy atom. The number of imidazole rings is 1. The highest BCUT2D eigenvalue weighted by Gasteiger charge is 2.37. The maximum Gasteiger partial charge on any atom is 0.226 e. The highest BCUT2D eigenvalue weighted by atomic mass is 15.3. The summed E-state index contributed by atoms with van der Waals surface area (Å²) in [5.41, 5.74) is 1.61. The summed E-state index contributed by atoms with van der Waals surface area (Å²) < 4.78 is 0. The first-order chi connectivity index (χ1) is 10.3. The molecule has 2 aromatic rings. The van der Waals surface area contributed by atoms with E-state index in [0.29, 0.717) is 23.7 Å². The molecule has 2 fully saturated rings. The van der Waals surface area contributed by atoms with Crippen LogP contribution in [0, 0.1) is 0 Å². The number of hydrogen-bond donors (Lipinski definition) is 3. The zero-order chi connectivity index (χ0) is 14.2. The van der Waals surface area contributed by atoms with Crippen molar-refractivity contribution >= 4 is 22.9 Å². The van der Waals surface area contributed by atoms with E-state index in [0.717, 1.165) is 17.9 Å². The van der Waals surface area contributed by atoms with E-state index in [2.05, 4.69) is 35.5 Å². The van der Waals surface area contributed by atoms with E-state index in [4.69, 9.17) is 0 Å². The van der Waals surface area contributed by atoms with Gasteiger partial charge in [-0.15, -0.1) is 0 Å². The molecule has 0 aliphatic carbocycles. The Balaban J connectivity index is 1.64. The van der Waals surface area contributed by atoms with Gasteiger partial charge in [0, 0.05) is 25.2 Å². The van der Waals surface area contributed by atoms with Gasteiger partial charge in [-0.05, 0) is 32.7 Å². The first-order valence-corrected chi connectivity index (χ1v) is 7.80. The van der Waals surface area contributed by atoms with Gasteiger partial charge in [0.1, 0.15) is 5.52 Å². The van der Waals surface area contributed by atoms with Gasteiger partial charge in [0.15, 0.2) is 11.5 Å². The summed E-state index contributed by atoms with van der Waals surface area (Å²) in [5, 5.41) is 6.81. The summed E-state index contributed by atoms with van der Waals surface area (Å²) in [7, 11) is 0. The second-order valence-corrected chi connectivity index (χ2v) is 5.81. The third-order valence-electron chi connectivity index (χ3n) is 4.55. The second-order valence-electron chi connectivity index (χ2n) is 5.81. The van der Waals surface area contributed by atoms with Crippen molar-refractivity contribution in [1.29, 1.82) is 0 Å². The number of hydrogen-bond acceptors (Lipinski definition) is 6. The van der Waals surface area contributed by atoms with E-state index in [-0.39, 0.29) is 0 Å². The topological polar surface area (TPSA) is 81.8 Å². The van der Waals surface area contributed by atoms with Gasteiger partial charge in [0.05, 0.1) is 6.33 Å². The number of aromatic amines is 1. The van der Waals surface area contributed by atoms with Crippen LogP contribution < -0.4 is 10.6 Å². The fourth-order valence-corrected chi connectivity index (χ4v) is 3.60. The molecule has 0 radical (unpaired) electrons. The molecule has 2 aliphatic heterocycles. The van der Waals surface area contributed by atoms with Gasteiger partial charge in [-0.2, -0.15) is 9.97 Å². The Morgan fingerprint density at radius 3 is 3.19 bits per heavy atom. The van der Waals surface area contributed by atoms with Crippen LogP contribution in [0.5, 0.6) is 0 Å². The summed E-state index contributed by atoms with van der Waals surface area (Å²) in [5.74, 6) is 1.51. The Kier molecular flexibility index (Phi) is 3.14. The monoisotopic (exact) mass is 287 g/mol. The van der Waals surface area contributed by atoms with Crippen LogP contribution in [0.15, 0.2) is 6.33 Å². The minimum absolute atomic E-state index is 0.475. The van der Waals surface area contributed by atoms with Gasteiger partial charge in [0.2, 0.25) is 5.95 Å². The normalized spacial score (nSPS) is 25.4. The molecule has 0 saturated carbocycles. The van der Waals surface area contributed by atoms with Crippen LogP contribution in [-0.4, -0.2) is 56.6 Å². The first kappa shape index (κ1) is 12.8. The van der Waals surface area contributed by atoms with Crippen LogP contribution in [0.2, 0.25) is 0 Å². The predicted octanol–water partition coefficient (Wildman–Crippen LogP) is 1.43. The minimum Gasteiger partial charge on any atom is -0.364 e. The molecule has 21 heavy (non-hydrogen) atoms. The number of nitrogens with one attached hydrogen (secondary N) is 3. The SMILES string of the molecule is CCNc1nc(NC2CCN3CCCC23)c2[nH]cnc2n1. The van der Waals surface area contributed by atoms with E-state index >= 15 is 0 Å². The Labute approximate surface area is 123 Å². The highest BCUT2D eigenvalue weighted by molar-refractivity contribution is 5.83. The minimum atomic E-state index is 0.475. The average Bonchev–Trinajstić information content (AvgIpc) is 3.16. The van der Waals surface area contributed by atoms with E-state index in [9.17, 15) is 0 Å². The molecule has 2 saturated heterocycles. The van der Waals surface area contributed by atoms with Gasteiger partial charge in [-0.1, -0.05) is 0 Å². The van der Waals surface area contributed by atoms with Crippen LogP contribution in [0.1, 0.15) is 26.2 Å². The summed E-state index contributed by atoms with van der Waals surface area (Å²) >= 11 is 0. The van der Waals surface area contributed by atoms with Crippen molar-refractivity contribution in [3.05, 3.63) is 6.33 Å². The zero-order valence-electron chi connectivity index (χ0n) is 12.3. The molecule has 4 rings (SSSR count). The second kappa shape index (κ2) is 5.14. The van der Waals surface area contributed by atoms with Crippen molar-refractivity contribution in [2.24, 2.45) is 0 Å². The maximum atomic E-state index is 4.62. The number of fused-ring (bicyclic) bond motifs is 2. The molecular formula is C14H21N7. The molecule has 2 aliphatic rings. The van der Waals surface area contributed by atoms with Crippen molar-refractivity contribution in [3.8, 4) is 0 Å². The van der Waals surface area contributed by atoms with Crippen molar-refractivity contribution in [3.63, 3.8) is 0 Å². The van der Waals surface area contributed by atoms with Crippen LogP contribution in [0.25, 0.3) is 11.2 Å². The fourth-order valence-electron chi connectivity index (χ4n) is 3.60. The van der Waals surface area contributed by atoms with Gasteiger partial charge < -0.3 is 15.6 Å². The van der Waals surface area contributed by atoms with Gasteiger partial charge in [-0.3, -0.25) is 4.90 Å². The summed E-state index contributed by atoms with van der Waals surface area (Å²) in [4.78, 5) is 19.0. The third-order valence-corrected chi connectivity index (χ3v) is 4.55. The van der Waals surface area contributed by atoms with Gasteiger partial charge >= 0.3 is 0 Å². The maximum absolute atomic E-state index is 4.62. The van der Waals surface area contributed by atoms with Crippen molar-refractivity contribution in [1.82, 2.24) is 24.8 Å². The molecule has 0 spiro atoms. The Bertz CT molecular complexity index is 637. The third kappa shape index (κ3) is 2.21. The lowest BCUT2D eigenvalue weighted by Gasteiger charge is -2.22. The fraction of sp³-hybridized carbons (Fsp3) is 0.643. The Morgan fingerprint density at radius 1 is 1.33 bits per heavy atom. The van der Waals surface area contributed by atoms with Crippen molar-refractivity contribution in [2.45, 2.75) is 38.3 Å². The number of nitrogens with zero attached hydrogens (tertiary/aromatic N) is 4. The molecule has 0 aromatic carbocycles. The standard InChI is InChI=1S/C14H21N7/c1-2-15-14-19-12-11(16-8-17-12)13(20-14)18-9-5-7-21-6-3-4-10(9)21/h8-10H,2-7H2,1H3,(H3,15,16,17,18,19,20). The zero-order valence-corrected chi connectivity index (χ0v) is 12.3. The molecular weight excluding hydrogens is 266 g/mol. The van der Waals surface area contributed by atoms with E-state index in [1.807, 2.05) is 6.92 Å². The summed E-state index contributed by atoms with van der Waals surface area (Å²) in [6.45, 7) is 5.28. The molecule has 7 nitrogen and oxygen atoms in total. The smallest absolute Gasteiger partial charge is 0.226 e. The van der Waals surface area contributed by atoms with Crippen molar-refractivity contribution in [2.75, 3.05) is 30.3 Å². The van der Waals surface area contributed by atoms with Crippen LogP contribution in [-0.2, 0) is 0 Å². The van der Waals surface area contributed by atoms with Gasteiger partial charge in [0.25, 0.3) is 0 Å². The average molecular weight is 287 g/mol. The molecule has 2 aromatic heterocycles. The number of rotatable bonds is 4. The molecule has 7 heteroatoms. The molecule has 2 atom stereocenters. The Hall–Kier alpha value is -1.89. The summed E-state index contributed by atoms with van der Waals surface area (Å²) in [6, 6.07) is 1.13. The van der Waals surface area contributed by atoms with E-state index in [1.54, 1.807) is 6.33 Å². The lowest BCUT2D eigenvalue weighted by atomic mass is 10.1. The molecule has 112 valence electrons. The quantitative estimate of drug-likeness (QED) is 0.789. The molecule has 3 N–H and O–H groups in total. The van der Waals surface area contributed by atoms with E-state index < -0.39 is 0 Å². The summed E-state index contributed by atoms with van der Waals surface area (Å²) in [6.07, 6.45) is 5.46. The number of H-pyrrole nitrogens is 1. The van der Waals surface area contributed by atoms with Gasteiger partial charge in [-0.25, -0.2) is 4.98 Å². The lowest BCUT2D eigenvalue weighted by Crippen LogP contribution is -2.34. The lowest BCUT2D eigenvalue weighted by molar-refractivity contribution is 0.318. The molecule has 0 amide bonds. The van der Waals surface area contributed by atoms with Crippen molar-refractivity contribution < 1.29 is 0 Å². The molecule has 0 bridgehead atoms. The highest BCUT2D eigenvalue weighted by Crippen LogP contribution is 2.31. The van der Waals surface area contributed by atoms with Crippen LogP contribution in [0.3, 0.4) is 0 Å². The number of anilines is 2. The largest absolute Gasteiger partial charge is 0.364 e. The van der Waals surface area contributed by atoms with Crippen LogP contribution >= 0.6 is 0 Å². The number of aromatic nitrogens is 4. The predicted molar refractivity (Wildman–Crippen MR) is 82.5 cm³/mol. The van der Waals surface area contributed by atoms with Crippen LogP contribution in [0.4, 0.5) is 11.8 Å². The molecule has 4 heterocycles. The van der Waals surface area contributed by atoms with E-state index in [1.165, 1.54) is 32.4 Å². The molecule has 2 unspecified atom stereocenters.